The molecular weight excluding hydrogens is 304 g/mol. The Kier molecular flexibility index (Phi) is 5.21. The van der Waals surface area contributed by atoms with Gasteiger partial charge in [-0.3, -0.25) is 4.79 Å². The van der Waals surface area contributed by atoms with Crippen LogP contribution >= 0.6 is 11.8 Å². The van der Waals surface area contributed by atoms with E-state index >= 15 is 0 Å². The third-order valence-electron chi connectivity index (χ3n) is 2.86. The highest BCUT2D eigenvalue weighted by Crippen LogP contribution is 2.16. The van der Waals surface area contributed by atoms with Gasteiger partial charge in [-0.25, -0.2) is 4.79 Å². The number of hydrogen-bond donors (Lipinski definition) is 1. The normalized spacial score (nSPS) is 11.8. The SMILES string of the molecule is CSc1ccc(C(=O)O[C@H](C)C(=O)Nc2cc(C)on2)cc1. The lowest BCUT2D eigenvalue weighted by atomic mass is 10.2. The van der Waals surface area contributed by atoms with Crippen LogP contribution < -0.4 is 5.32 Å². The summed E-state index contributed by atoms with van der Waals surface area (Å²) in [7, 11) is 0. The predicted octanol–water partition coefficient (Wildman–Crippen LogP) is 2.89. The molecule has 0 radical (unpaired) electrons. The molecule has 0 aliphatic rings. The van der Waals surface area contributed by atoms with E-state index in [1.54, 1.807) is 36.9 Å². The van der Waals surface area contributed by atoms with Crippen LogP contribution in [0.3, 0.4) is 0 Å². The first-order chi connectivity index (χ1) is 10.5. The first kappa shape index (κ1) is 16.1. The Bertz CT molecular complexity index is 666. The van der Waals surface area contributed by atoms with Gasteiger partial charge in [0.2, 0.25) is 0 Å². The second kappa shape index (κ2) is 7.13. The lowest BCUT2D eigenvalue weighted by Crippen LogP contribution is -2.30. The number of carbonyl (C=O) groups excluding carboxylic acids is 2. The quantitative estimate of drug-likeness (QED) is 0.674. The fourth-order valence-electron chi connectivity index (χ4n) is 1.66. The minimum Gasteiger partial charge on any atom is -0.449 e. The predicted molar refractivity (Wildman–Crippen MR) is 83.0 cm³/mol. The van der Waals surface area contributed by atoms with Crippen LogP contribution in [-0.2, 0) is 9.53 Å². The topological polar surface area (TPSA) is 81.4 Å². The maximum atomic E-state index is 12.0. The molecule has 7 heteroatoms. The third-order valence-corrected chi connectivity index (χ3v) is 3.60. The molecule has 0 fully saturated rings. The number of carbonyl (C=O) groups is 2. The Morgan fingerprint density at radius 2 is 2.00 bits per heavy atom. The van der Waals surface area contributed by atoms with Gasteiger partial charge in [0, 0.05) is 11.0 Å². The lowest BCUT2D eigenvalue weighted by molar-refractivity contribution is -0.123. The van der Waals surface area contributed by atoms with E-state index in [2.05, 4.69) is 10.5 Å². The van der Waals surface area contributed by atoms with Crippen molar-refractivity contribution in [3.63, 3.8) is 0 Å². The van der Waals surface area contributed by atoms with Gasteiger partial charge in [0.15, 0.2) is 11.9 Å². The van der Waals surface area contributed by atoms with Crippen molar-refractivity contribution in [3.8, 4) is 0 Å². The lowest BCUT2D eigenvalue weighted by Gasteiger charge is -2.12. The van der Waals surface area contributed by atoms with Crippen LogP contribution in [0.1, 0.15) is 23.0 Å². The highest BCUT2D eigenvalue weighted by molar-refractivity contribution is 7.98. The molecule has 0 unspecified atom stereocenters. The number of aryl methyl sites for hydroxylation is 1. The number of ether oxygens (including phenoxy) is 1. The number of esters is 1. The number of thioether (sulfide) groups is 1. The van der Waals surface area contributed by atoms with E-state index in [1.807, 2.05) is 18.4 Å². The number of rotatable bonds is 5. The van der Waals surface area contributed by atoms with Crippen LogP contribution in [0.4, 0.5) is 5.82 Å². The summed E-state index contributed by atoms with van der Waals surface area (Å²) in [6.45, 7) is 3.21. The Labute approximate surface area is 132 Å². The van der Waals surface area contributed by atoms with Gasteiger partial charge in [-0.05, 0) is 44.4 Å². The maximum absolute atomic E-state index is 12.0. The Morgan fingerprint density at radius 3 is 2.55 bits per heavy atom. The monoisotopic (exact) mass is 320 g/mol. The molecule has 1 aromatic carbocycles. The highest BCUT2D eigenvalue weighted by atomic mass is 32.2. The Hall–Kier alpha value is -2.28. The number of nitrogens with one attached hydrogen (secondary N) is 1. The zero-order valence-corrected chi connectivity index (χ0v) is 13.3. The molecule has 6 nitrogen and oxygen atoms in total. The van der Waals surface area contributed by atoms with Gasteiger partial charge in [-0.2, -0.15) is 0 Å². The summed E-state index contributed by atoms with van der Waals surface area (Å²) in [5.41, 5.74) is 0.398. The second-order valence-corrected chi connectivity index (χ2v) is 5.47. The molecule has 0 saturated heterocycles. The zero-order valence-electron chi connectivity index (χ0n) is 12.5. The van der Waals surface area contributed by atoms with Crippen molar-refractivity contribution in [2.24, 2.45) is 0 Å². The van der Waals surface area contributed by atoms with Gasteiger partial charge in [0.25, 0.3) is 5.91 Å². The average Bonchev–Trinajstić information content (AvgIpc) is 2.92. The molecule has 1 atom stereocenters. The van der Waals surface area contributed by atoms with E-state index in [9.17, 15) is 9.59 Å². The van der Waals surface area contributed by atoms with E-state index in [0.29, 0.717) is 11.3 Å². The summed E-state index contributed by atoms with van der Waals surface area (Å²) in [5.74, 6) is -0.155. The van der Waals surface area contributed by atoms with Crippen molar-refractivity contribution in [1.82, 2.24) is 5.16 Å². The van der Waals surface area contributed by atoms with Gasteiger partial charge in [-0.15, -0.1) is 11.8 Å². The molecule has 1 heterocycles. The molecule has 1 amide bonds. The van der Waals surface area contributed by atoms with Crippen molar-refractivity contribution < 1.29 is 18.8 Å². The largest absolute Gasteiger partial charge is 0.449 e. The van der Waals surface area contributed by atoms with Gasteiger partial charge in [0.1, 0.15) is 5.76 Å². The molecule has 22 heavy (non-hydrogen) atoms. The Balaban J connectivity index is 1.93. The summed E-state index contributed by atoms with van der Waals surface area (Å²) in [5, 5.41) is 6.16. The highest BCUT2D eigenvalue weighted by Gasteiger charge is 2.20. The van der Waals surface area contributed by atoms with Crippen molar-refractivity contribution >= 4 is 29.5 Å². The summed E-state index contributed by atoms with van der Waals surface area (Å²) in [6.07, 6.45) is 1.01. The summed E-state index contributed by atoms with van der Waals surface area (Å²) in [4.78, 5) is 24.9. The van der Waals surface area contributed by atoms with Crippen LogP contribution in [0.15, 0.2) is 39.8 Å². The summed E-state index contributed by atoms with van der Waals surface area (Å²) in [6, 6.07) is 8.56. The van der Waals surface area contributed by atoms with E-state index in [0.717, 1.165) is 4.90 Å². The number of aromatic nitrogens is 1. The second-order valence-electron chi connectivity index (χ2n) is 4.59. The summed E-state index contributed by atoms with van der Waals surface area (Å²) < 4.78 is 9.98. The Morgan fingerprint density at radius 1 is 1.32 bits per heavy atom. The molecule has 0 spiro atoms. The molecule has 1 N–H and O–H groups in total. The zero-order chi connectivity index (χ0) is 16.1. The van der Waals surface area contributed by atoms with Crippen molar-refractivity contribution in [2.75, 3.05) is 11.6 Å². The molecular formula is C15H16N2O4S. The van der Waals surface area contributed by atoms with Crippen LogP contribution in [0.5, 0.6) is 0 Å². The van der Waals surface area contributed by atoms with Crippen LogP contribution in [0, 0.1) is 6.92 Å². The molecule has 0 aliphatic heterocycles. The number of amides is 1. The average molecular weight is 320 g/mol. The van der Waals surface area contributed by atoms with Crippen molar-refractivity contribution in [2.45, 2.75) is 24.8 Å². The smallest absolute Gasteiger partial charge is 0.338 e. The van der Waals surface area contributed by atoms with E-state index in [1.165, 1.54) is 6.92 Å². The van der Waals surface area contributed by atoms with Gasteiger partial charge in [0.05, 0.1) is 5.56 Å². The number of anilines is 1. The molecule has 2 aromatic rings. The number of nitrogens with zero attached hydrogens (tertiary/aromatic N) is 1. The molecule has 1 aromatic heterocycles. The van der Waals surface area contributed by atoms with Crippen molar-refractivity contribution in [1.29, 1.82) is 0 Å². The summed E-state index contributed by atoms with van der Waals surface area (Å²) >= 11 is 1.58. The van der Waals surface area contributed by atoms with Crippen LogP contribution in [0.25, 0.3) is 0 Å². The number of benzene rings is 1. The third kappa shape index (κ3) is 4.11. The number of hydrogen-bond acceptors (Lipinski definition) is 6. The molecule has 116 valence electrons. The molecule has 2 rings (SSSR count). The fourth-order valence-corrected chi connectivity index (χ4v) is 2.07. The van der Waals surface area contributed by atoms with Gasteiger partial charge < -0.3 is 14.6 Å². The molecule has 0 aliphatic carbocycles. The van der Waals surface area contributed by atoms with Crippen molar-refractivity contribution in [3.05, 3.63) is 41.7 Å². The first-order valence-electron chi connectivity index (χ1n) is 6.59. The molecule has 0 bridgehead atoms. The van der Waals surface area contributed by atoms with Crippen LogP contribution in [0.2, 0.25) is 0 Å². The van der Waals surface area contributed by atoms with E-state index in [-0.39, 0.29) is 5.82 Å². The van der Waals surface area contributed by atoms with Gasteiger partial charge in [-0.1, -0.05) is 5.16 Å². The van der Waals surface area contributed by atoms with E-state index < -0.39 is 18.0 Å². The van der Waals surface area contributed by atoms with Crippen LogP contribution in [-0.4, -0.2) is 29.4 Å². The first-order valence-corrected chi connectivity index (χ1v) is 7.81. The minimum absolute atomic E-state index is 0.287. The van der Waals surface area contributed by atoms with Gasteiger partial charge >= 0.3 is 5.97 Å². The fraction of sp³-hybridized carbons (Fsp3) is 0.267. The van der Waals surface area contributed by atoms with E-state index in [4.69, 9.17) is 9.26 Å². The standard InChI is InChI=1S/C15H16N2O4S/c1-9-8-13(17-21-9)16-14(18)10(2)20-15(19)11-4-6-12(22-3)7-5-11/h4-8,10H,1-3H3,(H,16,17,18)/t10-/m1/s1. The minimum atomic E-state index is -0.940. The maximum Gasteiger partial charge on any atom is 0.338 e. The molecule has 0 saturated carbocycles.